The summed E-state index contributed by atoms with van der Waals surface area (Å²) in [5.41, 5.74) is 7.38. The number of nitrogens with two attached hydrogens (primary N) is 1. The molecule has 0 aromatic heterocycles. The Balaban J connectivity index is 2.49. The van der Waals surface area contributed by atoms with Crippen LogP contribution in [0, 0.1) is 0 Å². The lowest BCUT2D eigenvalue weighted by atomic mass is 9.69. The van der Waals surface area contributed by atoms with E-state index in [-0.39, 0.29) is 5.41 Å². The zero-order valence-corrected chi connectivity index (χ0v) is 13.3. The summed E-state index contributed by atoms with van der Waals surface area (Å²) in [6.45, 7) is 0.669. The van der Waals surface area contributed by atoms with E-state index >= 15 is 0 Å². The van der Waals surface area contributed by atoms with E-state index in [1.807, 2.05) is 6.07 Å². The second-order valence-electron chi connectivity index (χ2n) is 5.23. The smallest absolute Gasteiger partial charge is 0.136 e. The maximum Gasteiger partial charge on any atom is 0.136 e. The lowest BCUT2D eigenvalue weighted by molar-refractivity contribution is 0.286. The highest BCUT2D eigenvalue weighted by atomic mass is 79.9. The summed E-state index contributed by atoms with van der Waals surface area (Å²) < 4.78 is 11.9. The normalized spacial score (nSPS) is 18.1. The van der Waals surface area contributed by atoms with Gasteiger partial charge in [-0.3, -0.25) is 0 Å². The van der Waals surface area contributed by atoms with Crippen LogP contribution < -0.4 is 15.2 Å². The van der Waals surface area contributed by atoms with Crippen LogP contribution in [-0.2, 0) is 5.41 Å². The van der Waals surface area contributed by atoms with E-state index in [1.165, 1.54) is 24.8 Å². The number of benzene rings is 1. The number of rotatable bonds is 4. The molecule has 4 heteroatoms. The molecule has 0 bridgehead atoms. The molecule has 0 radical (unpaired) electrons. The first-order chi connectivity index (χ1) is 9.16. The third-order valence-electron chi connectivity index (χ3n) is 4.25. The highest BCUT2D eigenvalue weighted by Crippen LogP contribution is 2.45. The summed E-state index contributed by atoms with van der Waals surface area (Å²) in [6, 6.07) is 4.07. The summed E-state index contributed by atoms with van der Waals surface area (Å²) in [5.74, 6) is 1.68. The van der Waals surface area contributed by atoms with Crippen molar-refractivity contribution in [1.82, 2.24) is 0 Å². The second kappa shape index (κ2) is 6.14. The monoisotopic (exact) mass is 327 g/mol. The van der Waals surface area contributed by atoms with E-state index in [1.54, 1.807) is 14.2 Å². The van der Waals surface area contributed by atoms with Gasteiger partial charge < -0.3 is 15.2 Å². The minimum absolute atomic E-state index is 0.0540. The number of halogens is 1. The van der Waals surface area contributed by atoms with E-state index in [0.29, 0.717) is 6.54 Å². The zero-order valence-electron chi connectivity index (χ0n) is 11.7. The van der Waals surface area contributed by atoms with E-state index < -0.39 is 0 Å². The average molecular weight is 328 g/mol. The van der Waals surface area contributed by atoms with Gasteiger partial charge in [-0.15, -0.1) is 0 Å². The lowest BCUT2D eigenvalue weighted by Gasteiger charge is -2.38. The van der Waals surface area contributed by atoms with Crippen molar-refractivity contribution in [2.45, 2.75) is 37.5 Å². The number of hydrogen-bond donors (Lipinski definition) is 1. The molecule has 0 amide bonds. The van der Waals surface area contributed by atoms with Crippen LogP contribution in [0.5, 0.6) is 11.5 Å². The van der Waals surface area contributed by atoms with Crippen molar-refractivity contribution >= 4 is 15.9 Å². The first-order valence-electron chi connectivity index (χ1n) is 6.79. The van der Waals surface area contributed by atoms with Crippen LogP contribution in [0.25, 0.3) is 0 Å². The van der Waals surface area contributed by atoms with Gasteiger partial charge in [0, 0.05) is 23.6 Å². The molecule has 1 aliphatic carbocycles. The fourth-order valence-electron chi connectivity index (χ4n) is 3.09. The van der Waals surface area contributed by atoms with Crippen LogP contribution in [0.1, 0.15) is 37.7 Å². The minimum atomic E-state index is 0.0540. The SMILES string of the molecule is COc1cc(OC)c(C2(CN)CCCCC2)cc1Br. The highest BCUT2D eigenvalue weighted by molar-refractivity contribution is 9.10. The molecule has 1 aromatic carbocycles. The minimum Gasteiger partial charge on any atom is -0.496 e. The third-order valence-corrected chi connectivity index (χ3v) is 4.87. The van der Waals surface area contributed by atoms with Gasteiger partial charge >= 0.3 is 0 Å². The van der Waals surface area contributed by atoms with Crippen LogP contribution in [-0.4, -0.2) is 20.8 Å². The van der Waals surface area contributed by atoms with Gasteiger partial charge in [0.05, 0.1) is 18.7 Å². The third kappa shape index (κ3) is 2.75. The second-order valence-corrected chi connectivity index (χ2v) is 6.09. The van der Waals surface area contributed by atoms with E-state index in [0.717, 1.165) is 28.8 Å². The molecule has 1 aromatic rings. The van der Waals surface area contributed by atoms with Gasteiger partial charge in [0.2, 0.25) is 0 Å². The van der Waals surface area contributed by atoms with Crippen molar-refractivity contribution in [3.63, 3.8) is 0 Å². The molecule has 2 rings (SSSR count). The molecule has 19 heavy (non-hydrogen) atoms. The molecule has 3 nitrogen and oxygen atoms in total. The van der Waals surface area contributed by atoms with Gasteiger partial charge in [-0.1, -0.05) is 19.3 Å². The van der Waals surface area contributed by atoms with Crippen molar-refractivity contribution in [2.24, 2.45) is 5.73 Å². The molecule has 0 heterocycles. The Morgan fingerprint density at radius 1 is 1.11 bits per heavy atom. The summed E-state index contributed by atoms with van der Waals surface area (Å²) >= 11 is 3.57. The Hall–Kier alpha value is -0.740. The predicted octanol–water partition coefficient (Wildman–Crippen LogP) is 3.63. The van der Waals surface area contributed by atoms with Gasteiger partial charge in [-0.25, -0.2) is 0 Å². The van der Waals surface area contributed by atoms with E-state index in [2.05, 4.69) is 22.0 Å². The topological polar surface area (TPSA) is 44.5 Å². The number of methoxy groups -OCH3 is 2. The first-order valence-corrected chi connectivity index (χ1v) is 7.58. The summed E-state index contributed by atoms with van der Waals surface area (Å²) in [5, 5.41) is 0. The van der Waals surface area contributed by atoms with Crippen molar-refractivity contribution in [3.8, 4) is 11.5 Å². The largest absolute Gasteiger partial charge is 0.496 e. The van der Waals surface area contributed by atoms with Gasteiger partial charge in [0.1, 0.15) is 11.5 Å². The fourth-order valence-corrected chi connectivity index (χ4v) is 3.59. The lowest BCUT2D eigenvalue weighted by Crippen LogP contribution is -2.37. The van der Waals surface area contributed by atoms with Gasteiger partial charge in [-0.2, -0.15) is 0 Å². The highest BCUT2D eigenvalue weighted by Gasteiger charge is 2.35. The predicted molar refractivity (Wildman–Crippen MR) is 81.1 cm³/mol. The van der Waals surface area contributed by atoms with Gasteiger partial charge in [-0.05, 0) is 34.8 Å². The Morgan fingerprint density at radius 2 is 1.74 bits per heavy atom. The molecule has 0 atom stereocenters. The van der Waals surface area contributed by atoms with Crippen LogP contribution >= 0.6 is 15.9 Å². The molecule has 0 aliphatic heterocycles. The Bertz CT molecular complexity index is 442. The molecule has 1 saturated carbocycles. The van der Waals surface area contributed by atoms with Crippen molar-refractivity contribution in [1.29, 1.82) is 0 Å². The molecule has 106 valence electrons. The molecule has 0 saturated heterocycles. The molecule has 2 N–H and O–H groups in total. The van der Waals surface area contributed by atoms with Crippen LogP contribution in [0.2, 0.25) is 0 Å². The maximum absolute atomic E-state index is 6.11. The van der Waals surface area contributed by atoms with Crippen molar-refractivity contribution in [2.75, 3.05) is 20.8 Å². The molecular weight excluding hydrogens is 306 g/mol. The summed E-state index contributed by atoms with van der Waals surface area (Å²) in [4.78, 5) is 0. The molecular formula is C15H22BrNO2. The molecule has 1 aliphatic rings. The first kappa shape index (κ1) is 14.7. The Labute approximate surface area is 123 Å². The number of ether oxygens (including phenoxy) is 2. The Kier molecular flexibility index (Phi) is 4.74. The van der Waals surface area contributed by atoms with Gasteiger partial charge in [0.25, 0.3) is 0 Å². The van der Waals surface area contributed by atoms with Crippen LogP contribution in [0.4, 0.5) is 0 Å². The standard InChI is InChI=1S/C15H22BrNO2/c1-18-13-9-14(19-2)12(16)8-11(13)15(10-17)6-4-3-5-7-15/h8-9H,3-7,10,17H2,1-2H3. The fraction of sp³-hybridized carbons (Fsp3) is 0.600. The molecule has 1 fully saturated rings. The quantitative estimate of drug-likeness (QED) is 0.918. The van der Waals surface area contributed by atoms with Crippen LogP contribution in [0.15, 0.2) is 16.6 Å². The van der Waals surface area contributed by atoms with Gasteiger partial charge in [0.15, 0.2) is 0 Å². The Morgan fingerprint density at radius 3 is 2.26 bits per heavy atom. The van der Waals surface area contributed by atoms with Crippen molar-refractivity contribution in [3.05, 3.63) is 22.2 Å². The van der Waals surface area contributed by atoms with Crippen LogP contribution in [0.3, 0.4) is 0 Å². The molecule has 0 unspecified atom stereocenters. The van der Waals surface area contributed by atoms with E-state index in [9.17, 15) is 0 Å². The average Bonchev–Trinajstić information content (AvgIpc) is 2.47. The summed E-state index contributed by atoms with van der Waals surface area (Å²) in [7, 11) is 3.37. The summed E-state index contributed by atoms with van der Waals surface area (Å²) in [6.07, 6.45) is 6.06. The maximum atomic E-state index is 6.11. The zero-order chi connectivity index (χ0) is 13.9. The molecule has 0 spiro atoms. The number of hydrogen-bond acceptors (Lipinski definition) is 3. The van der Waals surface area contributed by atoms with Crippen molar-refractivity contribution < 1.29 is 9.47 Å². The van der Waals surface area contributed by atoms with E-state index in [4.69, 9.17) is 15.2 Å².